The average Bonchev–Trinajstić information content (AvgIpc) is 2.64. The van der Waals surface area contributed by atoms with E-state index in [0.29, 0.717) is 26.2 Å². The Morgan fingerprint density at radius 3 is 2.40 bits per heavy atom. The van der Waals surface area contributed by atoms with Crippen LogP contribution in [0.5, 0.6) is 11.5 Å². The molecule has 2 aromatic carbocycles. The van der Waals surface area contributed by atoms with E-state index in [9.17, 15) is 4.79 Å². The molecular weight excluding hydrogens is 316 g/mol. The van der Waals surface area contributed by atoms with E-state index in [0.717, 1.165) is 36.3 Å². The van der Waals surface area contributed by atoms with Gasteiger partial charge in [0.1, 0.15) is 18.1 Å². The normalized spacial score (nSPS) is 10.3. The van der Waals surface area contributed by atoms with Gasteiger partial charge in [0.05, 0.1) is 13.2 Å². The molecule has 0 bridgehead atoms. The molecular formula is C21H26O4. The van der Waals surface area contributed by atoms with Gasteiger partial charge in [-0.3, -0.25) is 4.79 Å². The molecule has 0 saturated heterocycles. The van der Waals surface area contributed by atoms with Crippen molar-refractivity contribution in [3.63, 3.8) is 0 Å². The number of carbonyl (C=O) groups excluding carboxylic acids is 1. The zero-order valence-electron chi connectivity index (χ0n) is 14.8. The lowest BCUT2D eigenvalue weighted by atomic mass is 10.2. The van der Waals surface area contributed by atoms with Gasteiger partial charge in [0.15, 0.2) is 0 Å². The smallest absolute Gasteiger partial charge is 0.305 e. The predicted molar refractivity (Wildman–Crippen MR) is 97.8 cm³/mol. The van der Waals surface area contributed by atoms with Crippen LogP contribution in [0.1, 0.15) is 38.2 Å². The zero-order chi connectivity index (χ0) is 17.7. The van der Waals surface area contributed by atoms with E-state index >= 15 is 0 Å². The van der Waals surface area contributed by atoms with Gasteiger partial charge in [-0.2, -0.15) is 0 Å². The second-order valence-corrected chi connectivity index (χ2v) is 5.71. The van der Waals surface area contributed by atoms with E-state index in [2.05, 4.69) is 0 Å². The first-order valence-electron chi connectivity index (χ1n) is 8.83. The number of benzene rings is 2. The molecule has 2 aromatic rings. The number of hydrogen-bond donors (Lipinski definition) is 0. The number of unbranched alkanes of at least 4 members (excludes halogenated alkanes) is 2. The molecule has 0 heterocycles. The van der Waals surface area contributed by atoms with Crippen LogP contribution in [0.2, 0.25) is 0 Å². The minimum atomic E-state index is -0.119. The summed E-state index contributed by atoms with van der Waals surface area (Å²) in [5.41, 5.74) is 1.13. The summed E-state index contributed by atoms with van der Waals surface area (Å²) >= 11 is 0. The molecule has 0 radical (unpaired) electrons. The van der Waals surface area contributed by atoms with Gasteiger partial charge in [0, 0.05) is 12.5 Å². The lowest BCUT2D eigenvalue weighted by Gasteiger charge is -2.10. The molecule has 0 aliphatic rings. The highest BCUT2D eigenvalue weighted by atomic mass is 16.5. The van der Waals surface area contributed by atoms with Crippen LogP contribution < -0.4 is 9.47 Å². The van der Waals surface area contributed by atoms with Crippen LogP contribution in [0, 0.1) is 0 Å². The summed E-state index contributed by atoms with van der Waals surface area (Å²) in [4.78, 5) is 11.2. The van der Waals surface area contributed by atoms with Crippen molar-refractivity contribution in [3.8, 4) is 11.5 Å². The summed E-state index contributed by atoms with van der Waals surface area (Å²) in [5.74, 6) is 1.48. The summed E-state index contributed by atoms with van der Waals surface area (Å²) < 4.78 is 16.5. The van der Waals surface area contributed by atoms with Crippen LogP contribution in [0.25, 0.3) is 0 Å². The van der Waals surface area contributed by atoms with E-state index in [-0.39, 0.29) is 5.97 Å². The summed E-state index contributed by atoms with van der Waals surface area (Å²) in [6, 6.07) is 17.7. The molecule has 0 aliphatic carbocycles. The van der Waals surface area contributed by atoms with Crippen molar-refractivity contribution in [3.05, 3.63) is 60.2 Å². The van der Waals surface area contributed by atoms with Crippen molar-refractivity contribution < 1.29 is 19.0 Å². The number of hydrogen-bond acceptors (Lipinski definition) is 4. The standard InChI is InChI=1S/C21H26O4/c1-2-23-21(22)14-7-4-8-15-24-19-12-9-13-20(16-19)25-17-18-10-5-3-6-11-18/h3,5-6,9-13,16H,2,4,7-8,14-15,17H2,1H3. The number of rotatable bonds is 11. The Hall–Kier alpha value is -2.49. The summed E-state index contributed by atoms with van der Waals surface area (Å²) in [6.07, 6.45) is 3.18. The largest absolute Gasteiger partial charge is 0.493 e. The van der Waals surface area contributed by atoms with E-state index in [1.165, 1.54) is 0 Å². The Labute approximate surface area is 149 Å². The van der Waals surface area contributed by atoms with Crippen LogP contribution in [0.4, 0.5) is 0 Å². The third kappa shape index (κ3) is 7.75. The van der Waals surface area contributed by atoms with Crippen molar-refractivity contribution in [2.24, 2.45) is 0 Å². The maximum atomic E-state index is 11.2. The van der Waals surface area contributed by atoms with Crippen LogP contribution in [-0.2, 0) is 16.1 Å². The SMILES string of the molecule is CCOC(=O)CCCCCOc1cccc(OCc2ccccc2)c1. The number of carbonyl (C=O) groups is 1. The topological polar surface area (TPSA) is 44.8 Å². The molecule has 0 amide bonds. The first-order chi connectivity index (χ1) is 12.3. The monoisotopic (exact) mass is 342 g/mol. The third-order valence-electron chi connectivity index (χ3n) is 3.65. The molecule has 0 spiro atoms. The third-order valence-corrected chi connectivity index (χ3v) is 3.65. The number of esters is 1. The van der Waals surface area contributed by atoms with Gasteiger partial charge in [-0.1, -0.05) is 36.4 Å². The van der Waals surface area contributed by atoms with E-state index in [1.54, 1.807) is 0 Å². The first-order valence-corrected chi connectivity index (χ1v) is 8.83. The molecule has 0 N–H and O–H groups in total. The highest BCUT2D eigenvalue weighted by molar-refractivity contribution is 5.69. The number of ether oxygens (including phenoxy) is 3. The van der Waals surface area contributed by atoms with Gasteiger partial charge >= 0.3 is 5.97 Å². The van der Waals surface area contributed by atoms with Gasteiger partial charge < -0.3 is 14.2 Å². The van der Waals surface area contributed by atoms with Crippen LogP contribution in [0.3, 0.4) is 0 Å². The zero-order valence-corrected chi connectivity index (χ0v) is 14.8. The lowest BCUT2D eigenvalue weighted by molar-refractivity contribution is -0.143. The summed E-state index contributed by atoms with van der Waals surface area (Å²) in [5, 5.41) is 0. The maximum Gasteiger partial charge on any atom is 0.305 e. The molecule has 4 heteroatoms. The van der Waals surface area contributed by atoms with Crippen LogP contribution >= 0.6 is 0 Å². The van der Waals surface area contributed by atoms with Crippen molar-refractivity contribution in [2.75, 3.05) is 13.2 Å². The average molecular weight is 342 g/mol. The second-order valence-electron chi connectivity index (χ2n) is 5.71. The Morgan fingerprint density at radius 1 is 0.880 bits per heavy atom. The van der Waals surface area contributed by atoms with Crippen molar-refractivity contribution in [1.29, 1.82) is 0 Å². The Morgan fingerprint density at radius 2 is 1.64 bits per heavy atom. The fourth-order valence-corrected chi connectivity index (χ4v) is 2.37. The Kier molecular flexibility index (Phi) is 8.39. The van der Waals surface area contributed by atoms with Crippen LogP contribution in [-0.4, -0.2) is 19.2 Å². The van der Waals surface area contributed by atoms with Crippen molar-refractivity contribution in [2.45, 2.75) is 39.2 Å². The molecule has 2 rings (SSSR count). The molecule has 0 unspecified atom stereocenters. The molecule has 134 valence electrons. The maximum absolute atomic E-state index is 11.2. The van der Waals surface area contributed by atoms with Crippen molar-refractivity contribution in [1.82, 2.24) is 0 Å². The first kappa shape index (κ1) is 18.8. The minimum Gasteiger partial charge on any atom is -0.493 e. The lowest BCUT2D eigenvalue weighted by Crippen LogP contribution is -2.04. The highest BCUT2D eigenvalue weighted by Crippen LogP contribution is 2.20. The fraction of sp³-hybridized carbons (Fsp3) is 0.381. The summed E-state index contributed by atoms with van der Waals surface area (Å²) in [7, 11) is 0. The van der Waals surface area contributed by atoms with Gasteiger partial charge in [0.25, 0.3) is 0 Å². The fourth-order valence-electron chi connectivity index (χ4n) is 2.37. The quantitative estimate of drug-likeness (QED) is 0.436. The van der Waals surface area contributed by atoms with Crippen molar-refractivity contribution >= 4 is 5.97 Å². The van der Waals surface area contributed by atoms with Crippen LogP contribution in [0.15, 0.2) is 54.6 Å². The summed E-state index contributed by atoms with van der Waals surface area (Å²) in [6.45, 7) is 3.44. The van der Waals surface area contributed by atoms with E-state index in [4.69, 9.17) is 14.2 Å². The second kappa shape index (κ2) is 11.1. The molecule has 25 heavy (non-hydrogen) atoms. The Balaban J connectivity index is 1.64. The Bertz CT molecular complexity index is 625. The van der Waals surface area contributed by atoms with Gasteiger partial charge in [-0.25, -0.2) is 0 Å². The molecule has 0 saturated carbocycles. The molecule has 0 fully saturated rings. The van der Waals surface area contributed by atoms with E-state index < -0.39 is 0 Å². The molecule has 0 aliphatic heterocycles. The molecule has 0 aromatic heterocycles. The minimum absolute atomic E-state index is 0.119. The van der Waals surface area contributed by atoms with Gasteiger partial charge in [-0.05, 0) is 43.9 Å². The highest BCUT2D eigenvalue weighted by Gasteiger charge is 2.02. The van der Waals surface area contributed by atoms with Gasteiger partial charge in [0.2, 0.25) is 0 Å². The van der Waals surface area contributed by atoms with E-state index in [1.807, 2.05) is 61.5 Å². The van der Waals surface area contributed by atoms with Gasteiger partial charge in [-0.15, -0.1) is 0 Å². The molecule has 0 atom stereocenters. The molecule has 4 nitrogen and oxygen atoms in total. The predicted octanol–water partition coefficient (Wildman–Crippen LogP) is 4.77.